The van der Waals surface area contributed by atoms with Crippen molar-refractivity contribution in [2.75, 3.05) is 37.2 Å². The first kappa shape index (κ1) is 24.7. The third-order valence-electron chi connectivity index (χ3n) is 5.92. The molecular weight excluding hydrogens is 459 g/mol. The molecule has 0 bridgehead atoms. The molecule has 0 aliphatic heterocycles. The predicted octanol–water partition coefficient (Wildman–Crippen LogP) is 5.72. The summed E-state index contributed by atoms with van der Waals surface area (Å²) in [5, 5.41) is 15.1. The maximum absolute atomic E-state index is 13.5. The number of nitriles is 1. The molecule has 0 atom stereocenters. The van der Waals surface area contributed by atoms with Gasteiger partial charge in [0.2, 0.25) is 0 Å². The Morgan fingerprint density at radius 3 is 2.57 bits per heavy atom. The zero-order valence-electron chi connectivity index (χ0n) is 20.0. The summed E-state index contributed by atoms with van der Waals surface area (Å²) in [7, 11) is 0. The molecule has 2 N–H and O–H groups in total. The van der Waals surface area contributed by atoms with Crippen LogP contribution in [-0.4, -0.2) is 51.8 Å². The summed E-state index contributed by atoms with van der Waals surface area (Å²) in [4.78, 5) is 15.2. The fraction of sp³-hybridized carbons (Fsp3) is 0.296. The van der Waals surface area contributed by atoms with E-state index in [0.717, 1.165) is 43.0 Å². The molecule has 0 spiro atoms. The number of anilines is 1. The minimum atomic E-state index is -0.327. The zero-order valence-corrected chi connectivity index (χ0v) is 20.8. The molecular formula is C27H29FN6S. The van der Waals surface area contributed by atoms with E-state index >= 15 is 0 Å². The van der Waals surface area contributed by atoms with Crippen molar-refractivity contribution < 1.29 is 4.39 Å². The Bertz CT molecular complexity index is 1270. The summed E-state index contributed by atoms with van der Waals surface area (Å²) in [6, 6.07) is 18.6. The molecule has 4 aromatic rings. The second-order valence-corrected chi connectivity index (χ2v) is 9.19. The van der Waals surface area contributed by atoms with Gasteiger partial charge < -0.3 is 15.2 Å². The van der Waals surface area contributed by atoms with Crippen LogP contribution in [0.4, 0.5) is 10.2 Å². The Morgan fingerprint density at radius 1 is 1.09 bits per heavy atom. The predicted molar refractivity (Wildman–Crippen MR) is 141 cm³/mol. The lowest BCUT2D eigenvalue weighted by Gasteiger charge is -2.17. The lowest BCUT2D eigenvalue weighted by Crippen LogP contribution is -2.25. The highest BCUT2D eigenvalue weighted by Gasteiger charge is 2.17. The van der Waals surface area contributed by atoms with Crippen LogP contribution in [0.5, 0.6) is 0 Å². The van der Waals surface area contributed by atoms with E-state index in [9.17, 15) is 9.65 Å². The highest BCUT2D eigenvalue weighted by molar-refractivity contribution is 7.99. The summed E-state index contributed by atoms with van der Waals surface area (Å²) >= 11 is 1.56. The lowest BCUT2D eigenvalue weighted by atomic mass is 10.1. The Hall–Kier alpha value is -3.41. The Labute approximate surface area is 209 Å². The van der Waals surface area contributed by atoms with Crippen LogP contribution in [0.15, 0.2) is 59.8 Å². The van der Waals surface area contributed by atoms with Gasteiger partial charge in [0.15, 0.2) is 5.16 Å². The topological polar surface area (TPSA) is 80.6 Å². The molecule has 6 nitrogen and oxygen atoms in total. The molecule has 0 fully saturated rings. The van der Waals surface area contributed by atoms with Gasteiger partial charge in [0.25, 0.3) is 0 Å². The van der Waals surface area contributed by atoms with Crippen LogP contribution in [0.2, 0.25) is 0 Å². The van der Waals surface area contributed by atoms with Crippen LogP contribution in [0.3, 0.4) is 0 Å². The van der Waals surface area contributed by atoms with Gasteiger partial charge in [-0.1, -0.05) is 43.8 Å². The van der Waals surface area contributed by atoms with E-state index in [1.165, 1.54) is 17.5 Å². The molecule has 0 radical (unpaired) electrons. The fourth-order valence-electron chi connectivity index (χ4n) is 3.94. The number of nitrogens with one attached hydrogen (secondary N) is 2. The van der Waals surface area contributed by atoms with Gasteiger partial charge in [-0.2, -0.15) is 5.26 Å². The number of hydrogen-bond donors (Lipinski definition) is 2. The number of benzene rings is 2. The standard InChI is InChI=1S/C27H29FN6S/c1-3-34(4-2)15-16-35-27-32-25(19-9-11-21(28)12-10-19)23(18-29)26(33-27)30-14-13-22-17-20-7-5-6-8-24(20)31-22/h5-12,17,31H,3-4,13-16H2,1-2H3,(H,30,32,33). The Morgan fingerprint density at radius 2 is 1.86 bits per heavy atom. The average molecular weight is 489 g/mol. The van der Waals surface area contributed by atoms with Crippen molar-refractivity contribution in [2.45, 2.75) is 25.4 Å². The summed E-state index contributed by atoms with van der Waals surface area (Å²) < 4.78 is 13.5. The largest absolute Gasteiger partial charge is 0.368 e. The number of aromatic amines is 1. The summed E-state index contributed by atoms with van der Waals surface area (Å²) in [5.41, 5.74) is 3.78. The molecule has 2 aromatic carbocycles. The van der Waals surface area contributed by atoms with Crippen molar-refractivity contribution in [3.05, 3.63) is 71.7 Å². The molecule has 0 aliphatic carbocycles. The first-order valence-electron chi connectivity index (χ1n) is 11.8. The van der Waals surface area contributed by atoms with Gasteiger partial charge in [-0.05, 0) is 54.9 Å². The number of nitrogens with zero attached hydrogens (tertiary/aromatic N) is 4. The third-order valence-corrected chi connectivity index (χ3v) is 6.75. The van der Waals surface area contributed by atoms with Gasteiger partial charge >= 0.3 is 0 Å². The van der Waals surface area contributed by atoms with Crippen molar-refractivity contribution in [3.63, 3.8) is 0 Å². The minimum Gasteiger partial charge on any atom is -0.368 e. The van der Waals surface area contributed by atoms with Gasteiger partial charge in [-0.3, -0.25) is 0 Å². The molecule has 2 aromatic heterocycles. The van der Waals surface area contributed by atoms with E-state index in [1.54, 1.807) is 23.9 Å². The molecule has 4 rings (SSSR count). The molecule has 8 heteroatoms. The number of aromatic nitrogens is 3. The fourth-order valence-corrected chi connectivity index (χ4v) is 4.79. The van der Waals surface area contributed by atoms with Crippen molar-refractivity contribution >= 4 is 28.5 Å². The van der Waals surface area contributed by atoms with Crippen LogP contribution in [-0.2, 0) is 6.42 Å². The lowest BCUT2D eigenvalue weighted by molar-refractivity contribution is 0.324. The molecule has 0 aliphatic rings. The number of hydrogen-bond acceptors (Lipinski definition) is 6. The van der Waals surface area contributed by atoms with E-state index in [2.05, 4.69) is 63.3 Å². The normalized spacial score (nSPS) is 11.2. The smallest absolute Gasteiger partial charge is 0.190 e. The molecule has 0 saturated heterocycles. The van der Waals surface area contributed by atoms with Crippen LogP contribution in [0.1, 0.15) is 25.1 Å². The minimum absolute atomic E-state index is 0.327. The van der Waals surface area contributed by atoms with Crippen molar-refractivity contribution in [1.29, 1.82) is 5.26 Å². The summed E-state index contributed by atoms with van der Waals surface area (Å²) in [6.45, 7) is 7.81. The number of thioether (sulfide) groups is 1. The van der Waals surface area contributed by atoms with E-state index in [0.29, 0.717) is 34.3 Å². The first-order chi connectivity index (χ1) is 17.1. The highest BCUT2D eigenvalue weighted by Crippen LogP contribution is 2.29. The monoisotopic (exact) mass is 488 g/mol. The van der Waals surface area contributed by atoms with Crippen LogP contribution in [0, 0.1) is 17.1 Å². The molecule has 0 unspecified atom stereocenters. The second-order valence-electron chi connectivity index (χ2n) is 8.13. The van der Waals surface area contributed by atoms with Crippen molar-refractivity contribution in [3.8, 4) is 17.3 Å². The molecule has 35 heavy (non-hydrogen) atoms. The molecule has 180 valence electrons. The SMILES string of the molecule is CCN(CC)CCSc1nc(NCCc2cc3ccccc3[nH]2)c(C#N)c(-c2ccc(F)cc2)n1. The highest BCUT2D eigenvalue weighted by atomic mass is 32.2. The number of fused-ring (bicyclic) bond motifs is 1. The first-order valence-corrected chi connectivity index (χ1v) is 12.8. The van der Waals surface area contributed by atoms with Crippen molar-refractivity contribution in [2.24, 2.45) is 0 Å². The van der Waals surface area contributed by atoms with E-state index in [-0.39, 0.29) is 5.82 Å². The Kier molecular flexibility index (Phi) is 8.35. The number of rotatable bonds is 11. The van der Waals surface area contributed by atoms with E-state index in [1.807, 2.05) is 12.1 Å². The quantitative estimate of drug-likeness (QED) is 0.207. The van der Waals surface area contributed by atoms with Crippen LogP contribution < -0.4 is 5.32 Å². The van der Waals surface area contributed by atoms with E-state index in [4.69, 9.17) is 0 Å². The molecule has 0 amide bonds. The van der Waals surface area contributed by atoms with Crippen LogP contribution >= 0.6 is 11.8 Å². The molecule has 0 saturated carbocycles. The number of para-hydroxylation sites is 1. The van der Waals surface area contributed by atoms with Crippen LogP contribution in [0.25, 0.3) is 22.2 Å². The number of H-pyrrole nitrogens is 1. The third kappa shape index (κ3) is 6.18. The zero-order chi connectivity index (χ0) is 24.6. The summed E-state index contributed by atoms with van der Waals surface area (Å²) in [6.07, 6.45) is 0.750. The van der Waals surface area contributed by atoms with Gasteiger partial charge in [-0.15, -0.1) is 0 Å². The Balaban J connectivity index is 1.57. The van der Waals surface area contributed by atoms with Gasteiger partial charge in [0.1, 0.15) is 23.3 Å². The number of halogens is 1. The van der Waals surface area contributed by atoms with Crippen molar-refractivity contribution in [1.82, 2.24) is 19.9 Å². The van der Waals surface area contributed by atoms with Gasteiger partial charge in [0, 0.05) is 42.0 Å². The van der Waals surface area contributed by atoms with Gasteiger partial charge in [-0.25, -0.2) is 14.4 Å². The summed E-state index contributed by atoms with van der Waals surface area (Å²) in [5.74, 6) is 1.01. The maximum atomic E-state index is 13.5. The molecule has 2 heterocycles. The second kappa shape index (κ2) is 11.8. The average Bonchev–Trinajstić information content (AvgIpc) is 3.30. The van der Waals surface area contributed by atoms with E-state index < -0.39 is 0 Å². The van der Waals surface area contributed by atoms with Gasteiger partial charge in [0.05, 0.1) is 5.69 Å². The maximum Gasteiger partial charge on any atom is 0.190 e.